The maximum atomic E-state index is 9.47. The number of carboxylic acids is 2. The monoisotopic (exact) mass is 325 g/mol. The summed E-state index contributed by atoms with van der Waals surface area (Å²) < 4.78 is 0. The molecule has 0 atom stereocenters. The first-order valence-corrected chi connectivity index (χ1v) is 7.44. The molecule has 0 fully saturated rings. The second-order valence-electron chi connectivity index (χ2n) is 4.52. The molecule has 0 bridgehead atoms. The molecule has 126 valence electrons. The molecule has 3 N–H and O–H groups in total. The van der Waals surface area contributed by atoms with Crippen molar-refractivity contribution in [2.75, 3.05) is 0 Å². The third-order valence-electron chi connectivity index (χ3n) is 2.39. The average Bonchev–Trinajstić information content (AvgIpc) is 2.44. The van der Waals surface area contributed by atoms with Gasteiger partial charge in [0, 0.05) is 6.42 Å². The van der Waals surface area contributed by atoms with E-state index in [4.69, 9.17) is 15.6 Å². The van der Waals surface area contributed by atoms with Gasteiger partial charge < -0.3 is 10.2 Å². The minimum atomic E-state index is -1.16. The minimum absolute atomic E-state index is 0. The fourth-order valence-corrected chi connectivity index (χ4v) is 1.07. The van der Waals surface area contributed by atoms with E-state index in [1.54, 1.807) is 6.92 Å². The first kappa shape index (κ1) is 29.4. The van der Waals surface area contributed by atoms with Crippen molar-refractivity contribution in [1.29, 1.82) is 5.41 Å². The van der Waals surface area contributed by atoms with E-state index < -0.39 is 11.9 Å². The standard InChI is InChI=1S/C10H20.C3H5NO2.C3H6O2.Na.H/c1-3-5-7-9-10-8-6-4-2;1-2(4)3(5)6;1-2-3(4)5;;/h3H,1,4-10H2,2H3;4H,1H3,(H,5,6);2H2,1H3,(H,4,5);;. The van der Waals surface area contributed by atoms with Crippen molar-refractivity contribution in [3.63, 3.8) is 0 Å². The van der Waals surface area contributed by atoms with Crippen molar-refractivity contribution in [1.82, 2.24) is 0 Å². The molecule has 5 nitrogen and oxygen atoms in total. The first-order chi connectivity index (χ1) is 9.83. The number of carbonyl (C=O) groups is 2. The fraction of sp³-hybridized carbons (Fsp3) is 0.688. The number of aliphatic carboxylic acids is 2. The van der Waals surface area contributed by atoms with Gasteiger partial charge in [0.1, 0.15) is 5.71 Å². The van der Waals surface area contributed by atoms with Crippen LogP contribution in [0.5, 0.6) is 0 Å². The normalized spacial score (nSPS) is 8.14. The summed E-state index contributed by atoms with van der Waals surface area (Å²) in [7, 11) is 0. The third kappa shape index (κ3) is 42.7. The molecule has 0 radical (unpaired) electrons. The number of unbranched alkanes of at least 4 members (excludes halogenated alkanes) is 6. The number of carboxylic acid groups (broad SMARTS) is 2. The van der Waals surface area contributed by atoms with Gasteiger partial charge >= 0.3 is 41.5 Å². The quantitative estimate of drug-likeness (QED) is 0.259. The summed E-state index contributed by atoms with van der Waals surface area (Å²) in [6.45, 7) is 8.77. The summed E-state index contributed by atoms with van der Waals surface area (Å²) in [5, 5.41) is 21.8. The summed E-state index contributed by atoms with van der Waals surface area (Å²) >= 11 is 0. The molecule has 0 heterocycles. The van der Waals surface area contributed by atoms with Crippen molar-refractivity contribution in [2.45, 2.75) is 72.1 Å². The van der Waals surface area contributed by atoms with Crippen LogP contribution in [0.1, 0.15) is 72.1 Å². The van der Waals surface area contributed by atoms with Crippen LogP contribution in [0.3, 0.4) is 0 Å². The molecule has 0 unspecified atom stereocenters. The molecule has 0 aromatic heterocycles. The van der Waals surface area contributed by atoms with Crippen molar-refractivity contribution < 1.29 is 19.8 Å². The SMILES string of the molecule is C=CCCCCCCCC.CC(=N)C(=O)O.CCC(=O)O.[NaH]. The Morgan fingerprint density at radius 1 is 1.05 bits per heavy atom. The molecule has 0 aliphatic rings. The molecule has 0 aromatic rings. The maximum absolute atomic E-state index is 9.47. The Balaban J connectivity index is -0.000000117. The zero-order valence-electron chi connectivity index (χ0n) is 13.7. The van der Waals surface area contributed by atoms with Gasteiger partial charge in [0.2, 0.25) is 0 Å². The summed E-state index contributed by atoms with van der Waals surface area (Å²) in [4.78, 5) is 18.8. The molecule has 0 amide bonds. The summed E-state index contributed by atoms with van der Waals surface area (Å²) in [5.74, 6) is -1.90. The van der Waals surface area contributed by atoms with Crippen LogP contribution in [0.2, 0.25) is 0 Å². The fourth-order valence-electron chi connectivity index (χ4n) is 1.07. The predicted octanol–water partition coefficient (Wildman–Crippen LogP) is 3.87. The van der Waals surface area contributed by atoms with E-state index in [0.29, 0.717) is 0 Å². The zero-order chi connectivity index (χ0) is 17.1. The Kier molecular flexibility index (Phi) is 33.8. The second kappa shape index (κ2) is 25.3. The van der Waals surface area contributed by atoms with Gasteiger partial charge in [-0.05, 0) is 19.8 Å². The van der Waals surface area contributed by atoms with E-state index >= 15 is 0 Å². The Labute approximate surface area is 157 Å². The van der Waals surface area contributed by atoms with E-state index in [-0.39, 0.29) is 41.7 Å². The summed E-state index contributed by atoms with van der Waals surface area (Å²) in [5.41, 5.74) is -0.324. The molecular weight excluding hydrogens is 293 g/mol. The van der Waals surface area contributed by atoms with Gasteiger partial charge in [0.05, 0.1) is 0 Å². The van der Waals surface area contributed by atoms with Crippen LogP contribution in [0.25, 0.3) is 0 Å². The molecule has 0 rings (SSSR count). The molecule has 0 aromatic carbocycles. The summed E-state index contributed by atoms with van der Waals surface area (Å²) in [6, 6.07) is 0. The van der Waals surface area contributed by atoms with Crippen LogP contribution >= 0.6 is 0 Å². The number of allylic oxidation sites excluding steroid dienone is 1. The van der Waals surface area contributed by atoms with Crippen LogP contribution in [-0.4, -0.2) is 57.4 Å². The second-order valence-corrected chi connectivity index (χ2v) is 4.52. The number of nitrogens with one attached hydrogen (secondary N) is 1. The predicted molar refractivity (Wildman–Crippen MR) is 94.3 cm³/mol. The van der Waals surface area contributed by atoms with Gasteiger partial charge in [0.15, 0.2) is 0 Å². The molecule has 0 aliphatic heterocycles. The van der Waals surface area contributed by atoms with Crippen LogP contribution in [0.4, 0.5) is 0 Å². The Bertz CT molecular complexity index is 282. The zero-order valence-corrected chi connectivity index (χ0v) is 13.7. The van der Waals surface area contributed by atoms with Gasteiger partial charge in [-0.1, -0.05) is 52.0 Å². The van der Waals surface area contributed by atoms with E-state index in [0.717, 1.165) is 0 Å². The Hall–Kier alpha value is -0.650. The van der Waals surface area contributed by atoms with Crippen LogP contribution in [0, 0.1) is 5.41 Å². The van der Waals surface area contributed by atoms with E-state index in [1.807, 2.05) is 6.08 Å². The molecule has 6 heteroatoms. The van der Waals surface area contributed by atoms with E-state index in [2.05, 4.69) is 13.5 Å². The van der Waals surface area contributed by atoms with Crippen molar-refractivity contribution >= 4 is 47.2 Å². The number of hydrogen-bond acceptors (Lipinski definition) is 3. The number of hydrogen-bond donors (Lipinski definition) is 3. The van der Waals surface area contributed by atoms with Crippen molar-refractivity contribution in [3.8, 4) is 0 Å². The van der Waals surface area contributed by atoms with Crippen LogP contribution < -0.4 is 0 Å². The molecule has 0 saturated heterocycles. The summed E-state index contributed by atoms with van der Waals surface area (Å²) in [6.07, 6.45) is 11.8. The Morgan fingerprint density at radius 2 is 1.41 bits per heavy atom. The topological polar surface area (TPSA) is 98.5 Å². The molecule has 0 spiro atoms. The third-order valence-corrected chi connectivity index (χ3v) is 2.39. The molecule has 0 saturated carbocycles. The molecular formula is C16H32NNaO4. The van der Waals surface area contributed by atoms with Crippen LogP contribution in [0.15, 0.2) is 12.7 Å². The van der Waals surface area contributed by atoms with E-state index in [1.165, 1.54) is 51.9 Å². The molecule has 0 aliphatic carbocycles. The van der Waals surface area contributed by atoms with Gasteiger partial charge in [-0.15, -0.1) is 6.58 Å². The van der Waals surface area contributed by atoms with Crippen LogP contribution in [-0.2, 0) is 9.59 Å². The van der Waals surface area contributed by atoms with Crippen molar-refractivity contribution in [2.24, 2.45) is 0 Å². The van der Waals surface area contributed by atoms with Crippen molar-refractivity contribution in [3.05, 3.63) is 12.7 Å². The first-order valence-electron chi connectivity index (χ1n) is 7.44. The van der Waals surface area contributed by atoms with Gasteiger partial charge in [0.25, 0.3) is 0 Å². The molecule has 22 heavy (non-hydrogen) atoms. The Morgan fingerprint density at radius 3 is 1.68 bits per heavy atom. The number of rotatable bonds is 9. The van der Waals surface area contributed by atoms with Gasteiger partial charge in [-0.25, -0.2) is 4.79 Å². The van der Waals surface area contributed by atoms with Gasteiger partial charge in [-0.2, -0.15) is 0 Å². The van der Waals surface area contributed by atoms with E-state index in [9.17, 15) is 9.59 Å². The van der Waals surface area contributed by atoms with Gasteiger partial charge in [-0.3, -0.25) is 10.2 Å². The average molecular weight is 325 g/mol.